The molecular formula is C32H41FN4O2. The number of aryl methyl sites for hydroxylation is 1. The first-order valence-corrected chi connectivity index (χ1v) is 15.4. The minimum Gasteiger partial charge on any atom is -0.461 e. The van der Waals surface area contributed by atoms with Gasteiger partial charge in [-0.25, -0.2) is 4.39 Å². The van der Waals surface area contributed by atoms with Crippen LogP contribution in [-0.2, 0) is 29.4 Å². The number of ether oxygens (including phenoxy) is 2. The summed E-state index contributed by atoms with van der Waals surface area (Å²) in [5, 5.41) is 0. The average Bonchev–Trinajstić information content (AvgIpc) is 3.57. The van der Waals surface area contributed by atoms with Crippen LogP contribution in [0.15, 0.2) is 18.2 Å². The second kappa shape index (κ2) is 8.87. The number of piperidine rings is 1. The van der Waals surface area contributed by atoms with E-state index in [0.717, 1.165) is 89.8 Å². The van der Waals surface area contributed by atoms with Crippen molar-refractivity contribution in [2.75, 3.05) is 44.3 Å². The zero-order chi connectivity index (χ0) is 26.2. The number of anilines is 1. The summed E-state index contributed by atoms with van der Waals surface area (Å²) in [7, 11) is 0. The van der Waals surface area contributed by atoms with Gasteiger partial charge in [0.1, 0.15) is 18.6 Å². The van der Waals surface area contributed by atoms with Gasteiger partial charge in [0.05, 0.1) is 23.4 Å². The third-order valence-electron chi connectivity index (χ3n) is 11.3. The number of benzene rings is 1. The van der Waals surface area contributed by atoms with Crippen LogP contribution in [0.4, 0.5) is 10.2 Å². The van der Waals surface area contributed by atoms with Crippen LogP contribution in [0, 0.1) is 6.92 Å². The molecule has 5 heterocycles. The van der Waals surface area contributed by atoms with E-state index in [1.807, 2.05) is 0 Å². The molecule has 4 fully saturated rings. The fourth-order valence-corrected chi connectivity index (χ4v) is 9.11. The Morgan fingerprint density at radius 2 is 1.90 bits per heavy atom. The number of rotatable bonds is 4. The summed E-state index contributed by atoms with van der Waals surface area (Å²) in [4.78, 5) is 15.0. The standard InChI is InChI=1S/C32H41FN4O2/c1-22-5-2-6-26-24(22)7-11-30(26)12-8-25-27(18-30)34-29(38-21-31-9-3-15-37(31)19-23(33)17-31)35-28(25)36-14-4-10-32(20-36)13-16-39-32/h2,5-6,23H,3-4,7-21H2,1H3/t23-,30?,31+,32?/m1/s1. The summed E-state index contributed by atoms with van der Waals surface area (Å²) in [5.74, 6) is 1.07. The highest BCUT2D eigenvalue weighted by molar-refractivity contribution is 5.55. The van der Waals surface area contributed by atoms with Crippen LogP contribution < -0.4 is 9.64 Å². The lowest BCUT2D eigenvalue weighted by atomic mass is 9.69. The lowest BCUT2D eigenvalue weighted by Gasteiger charge is -2.49. The Balaban J connectivity index is 1.15. The summed E-state index contributed by atoms with van der Waals surface area (Å²) in [6.45, 7) is 7.03. The van der Waals surface area contributed by atoms with Gasteiger partial charge in [0.2, 0.25) is 0 Å². The first kappa shape index (κ1) is 24.5. The van der Waals surface area contributed by atoms with Crippen molar-refractivity contribution in [2.24, 2.45) is 0 Å². The van der Waals surface area contributed by atoms with E-state index in [4.69, 9.17) is 19.4 Å². The number of alkyl halides is 1. The fourth-order valence-electron chi connectivity index (χ4n) is 9.11. The molecule has 2 aliphatic carbocycles. The Hall–Kier alpha value is -2.25. The summed E-state index contributed by atoms with van der Waals surface area (Å²) in [5.41, 5.74) is 6.95. The number of aromatic nitrogens is 2. The number of halogens is 1. The third-order valence-corrected chi connectivity index (χ3v) is 11.3. The monoisotopic (exact) mass is 532 g/mol. The Kier molecular flexibility index (Phi) is 5.58. The third kappa shape index (κ3) is 3.86. The predicted octanol–water partition coefficient (Wildman–Crippen LogP) is 4.87. The van der Waals surface area contributed by atoms with E-state index < -0.39 is 6.17 Å². The van der Waals surface area contributed by atoms with E-state index in [9.17, 15) is 4.39 Å². The molecule has 0 radical (unpaired) electrons. The van der Waals surface area contributed by atoms with Crippen LogP contribution in [0.5, 0.6) is 6.01 Å². The van der Waals surface area contributed by atoms with Crippen LogP contribution in [0.2, 0.25) is 0 Å². The van der Waals surface area contributed by atoms with E-state index in [1.54, 1.807) is 5.56 Å². The molecular weight excluding hydrogens is 491 g/mol. The molecule has 4 aliphatic heterocycles. The molecule has 6 aliphatic rings. The summed E-state index contributed by atoms with van der Waals surface area (Å²) >= 11 is 0. The highest BCUT2D eigenvalue weighted by atomic mass is 19.1. The minimum absolute atomic E-state index is 0.00178. The molecule has 39 heavy (non-hydrogen) atoms. The van der Waals surface area contributed by atoms with Crippen LogP contribution in [0.1, 0.15) is 79.3 Å². The molecule has 4 atom stereocenters. The van der Waals surface area contributed by atoms with Gasteiger partial charge in [-0.2, -0.15) is 9.97 Å². The molecule has 0 bridgehead atoms. The maximum absolute atomic E-state index is 14.4. The predicted molar refractivity (Wildman–Crippen MR) is 149 cm³/mol. The number of hydrogen-bond donors (Lipinski definition) is 0. The molecule has 208 valence electrons. The maximum Gasteiger partial charge on any atom is 0.318 e. The lowest BCUT2D eigenvalue weighted by molar-refractivity contribution is -0.151. The van der Waals surface area contributed by atoms with Gasteiger partial charge in [-0.15, -0.1) is 0 Å². The molecule has 0 N–H and O–H groups in total. The van der Waals surface area contributed by atoms with Gasteiger partial charge >= 0.3 is 6.01 Å². The van der Waals surface area contributed by atoms with Gasteiger partial charge in [-0.05, 0) is 87.9 Å². The number of nitrogens with zero attached hydrogens (tertiary/aromatic N) is 4. The molecule has 0 saturated carbocycles. The van der Waals surface area contributed by atoms with Gasteiger partial charge in [-0.3, -0.25) is 4.90 Å². The first-order valence-electron chi connectivity index (χ1n) is 15.4. The van der Waals surface area contributed by atoms with Crippen molar-refractivity contribution in [3.63, 3.8) is 0 Å². The highest BCUT2D eigenvalue weighted by Gasteiger charge is 2.50. The van der Waals surface area contributed by atoms with E-state index >= 15 is 0 Å². The Morgan fingerprint density at radius 1 is 1.05 bits per heavy atom. The molecule has 7 heteroatoms. The van der Waals surface area contributed by atoms with Crippen molar-refractivity contribution in [3.05, 3.63) is 46.1 Å². The topological polar surface area (TPSA) is 50.7 Å². The summed E-state index contributed by atoms with van der Waals surface area (Å²) in [6, 6.07) is 7.34. The summed E-state index contributed by atoms with van der Waals surface area (Å²) in [6.07, 6.45) is 10.8. The van der Waals surface area contributed by atoms with E-state index in [1.165, 1.54) is 28.8 Å². The second-order valence-corrected chi connectivity index (χ2v) is 13.5. The molecule has 6 nitrogen and oxygen atoms in total. The number of fused-ring (bicyclic) bond motifs is 4. The molecule has 2 unspecified atom stereocenters. The molecule has 8 rings (SSSR count). The largest absolute Gasteiger partial charge is 0.461 e. The second-order valence-electron chi connectivity index (χ2n) is 13.5. The lowest BCUT2D eigenvalue weighted by Crippen LogP contribution is -2.56. The van der Waals surface area contributed by atoms with Crippen molar-refractivity contribution in [2.45, 2.75) is 100 Å². The van der Waals surface area contributed by atoms with Crippen LogP contribution in [-0.4, -0.2) is 71.6 Å². The quantitative estimate of drug-likeness (QED) is 0.560. The van der Waals surface area contributed by atoms with E-state index in [2.05, 4.69) is 34.9 Å². The molecule has 2 spiro atoms. The molecule has 4 saturated heterocycles. The van der Waals surface area contributed by atoms with Crippen LogP contribution in [0.25, 0.3) is 0 Å². The molecule has 2 aromatic rings. The van der Waals surface area contributed by atoms with Crippen LogP contribution >= 0.6 is 0 Å². The van der Waals surface area contributed by atoms with Gasteiger partial charge in [0.15, 0.2) is 0 Å². The SMILES string of the molecule is Cc1cccc2c1CCC21CCc2c(nc(OC[C@@]34CCCN3C[C@H](F)C4)nc2N2CCCC3(CCO3)C2)C1. The Morgan fingerprint density at radius 3 is 2.74 bits per heavy atom. The van der Waals surface area contributed by atoms with Gasteiger partial charge in [-0.1, -0.05) is 18.2 Å². The zero-order valence-electron chi connectivity index (χ0n) is 23.3. The first-order chi connectivity index (χ1) is 19.0. The van der Waals surface area contributed by atoms with Crippen molar-refractivity contribution in [3.8, 4) is 6.01 Å². The number of hydrogen-bond acceptors (Lipinski definition) is 6. The van der Waals surface area contributed by atoms with Crippen LogP contribution in [0.3, 0.4) is 0 Å². The van der Waals surface area contributed by atoms with Gasteiger partial charge < -0.3 is 14.4 Å². The van der Waals surface area contributed by atoms with Crippen molar-refractivity contribution < 1.29 is 13.9 Å². The maximum atomic E-state index is 14.4. The molecule has 1 aromatic heterocycles. The Labute approximate surface area is 231 Å². The zero-order valence-corrected chi connectivity index (χ0v) is 23.3. The van der Waals surface area contributed by atoms with E-state index in [0.29, 0.717) is 25.6 Å². The Bertz CT molecular complexity index is 1300. The summed E-state index contributed by atoms with van der Waals surface area (Å²) < 4.78 is 27.0. The van der Waals surface area contributed by atoms with Gasteiger partial charge in [0, 0.05) is 43.5 Å². The normalized spacial score (nSPS) is 35.2. The van der Waals surface area contributed by atoms with E-state index in [-0.39, 0.29) is 16.6 Å². The van der Waals surface area contributed by atoms with Gasteiger partial charge in [0.25, 0.3) is 0 Å². The van der Waals surface area contributed by atoms with Crippen molar-refractivity contribution in [1.82, 2.24) is 14.9 Å². The van der Waals surface area contributed by atoms with Crippen molar-refractivity contribution >= 4 is 5.82 Å². The fraction of sp³-hybridized carbons (Fsp3) is 0.688. The molecule has 1 aromatic carbocycles. The average molecular weight is 533 g/mol. The molecule has 0 amide bonds. The minimum atomic E-state index is -0.758. The van der Waals surface area contributed by atoms with Crippen molar-refractivity contribution in [1.29, 1.82) is 0 Å². The smallest absolute Gasteiger partial charge is 0.318 e. The highest BCUT2D eigenvalue weighted by Crippen LogP contribution is 2.50.